The molecule has 0 unspecified atom stereocenters. The van der Waals surface area contributed by atoms with Crippen molar-refractivity contribution >= 4 is 29.7 Å². The van der Waals surface area contributed by atoms with Crippen LogP contribution >= 0.6 is 11.8 Å². The lowest BCUT2D eigenvalue weighted by atomic mass is 9.90. The van der Waals surface area contributed by atoms with Gasteiger partial charge in [0.2, 0.25) is 0 Å². The fraction of sp³-hybridized carbons (Fsp3) is 0.800. The maximum atomic E-state index is 11.8. The predicted molar refractivity (Wildman–Crippen MR) is 87.6 cm³/mol. The summed E-state index contributed by atoms with van der Waals surface area (Å²) < 4.78 is 9.17. The molecule has 8 heteroatoms. The second-order valence-electron chi connectivity index (χ2n) is 6.05. The molecule has 1 aliphatic rings. The van der Waals surface area contributed by atoms with Crippen molar-refractivity contribution in [3.05, 3.63) is 0 Å². The maximum Gasteiger partial charge on any atom is 0.331 e. The molecular weight excluding hydrogens is 320 g/mol. The van der Waals surface area contributed by atoms with E-state index >= 15 is 0 Å². The largest absolute Gasteiger partial charge is 0.469 e. The zero-order valence-electron chi connectivity index (χ0n) is 13.7. The van der Waals surface area contributed by atoms with E-state index in [1.807, 2.05) is 0 Å². The first-order chi connectivity index (χ1) is 10.8. The Morgan fingerprint density at radius 3 is 2.22 bits per heavy atom. The Labute approximate surface area is 140 Å². The van der Waals surface area contributed by atoms with Gasteiger partial charge in [0.1, 0.15) is 12.1 Å². The van der Waals surface area contributed by atoms with Crippen LogP contribution in [0.3, 0.4) is 0 Å². The maximum absolute atomic E-state index is 11.8. The van der Waals surface area contributed by atoms with Crippen LogP contribution in [0.4, 0.5) is 0 Å². The number of hydrogen-bond donors (Lipinski definition) is 2. The number of esters is 3. The fourth-order valence-electron chi connectivity index (χ4n) is 2.40. The molecule has 0 bridgehead atoms. The summed E-state index contributed by atoms with van der Waals surface area (Å²) in [6, 6.07) is -2.13. The monoisotopic (exact) mass is 346 g/mol. The first kappa shape index (κ1) is 19.9. The zero-order valence-corrected chi connectivity index (χ0v) is 14.5. The van der Waals surface area contributed by atoms with Crippen LogP contribution in [0, 0.1) is 0 Å². The van der Waals surface area contributed by atoms with E-state index in [-0.39, 0.29) is 11.2 Å². The van der Waals surface area contributed by atoms with Gasteiger partial charge < -0.3 is 20.9 Å². The van der Waals surface area contributed by atoms with Crippen LogP contribution in [0.15, 0.2) is 0 Å². The Morgan fingerprint density at radius 2 is 1.65 bits per heavy atom. The summed E-state index contributed by atoms with van der Waals surface area (Å²) in [5, 5.41) is 0. The van der Waals surface area contributed by atoms with Gasteiger partial charge >= 0.3 is 17.9 Å². The van der Waals surface area contributed by atoms with Gasteiger partial charge in [0.05, 0.1) is 13.5 Å². The molecule has 0 aromatic rings. The molecule has 1 rings (SSSR count). The summed E-state index contributed by atoms with van der Waals surface area (Å²) in [6.07, 6.45) is 5.47. The average Bonchev–Trinajstić information content (AvgIpc) is 2.52. The fourth-order valence-corrected chi connectivity index (χ4v) is 3.70. The van der Waals surface area contributed by atoms with Gasteiger partial charge in [-0.1, -0.05) is 26.2 Å². The van der Waals surface area contributed by atoms with E-state index in [0.717, 1.165) is 12.8 Å². The summed E-state index contributed by atoms with van der Waals surface area (Å²) in [7, 11) is 1.19. The van der Waals surface area contributed by atoms with E-state index in [2.05, 4.69) is 16.4 Å². The number of nitrogens with two attached hydrogens (primary N) is 2. The molecule has 7 nitrogen and oxygen atoms in total. The van der Waals surface area contributed by atoms with Crippen molar-refractivity contribution in [3.63, 3.8) is 0 Å². The molecule has 0 aliphatic heterocycles. The molecule has 0 amide bonds. The molecule has 1 aliphatic carbocycles. The van der Waals surface area contributed by atoms with E-state index in [4.69, 9.17) is 11.5 Å². The first-order valence-corrected chi connectivity index (χ1v) is 8.73. The van der Waals surface area contributed by atoms with E-state index in [1.165, 1.54) is 26.4 Å². The van der Waals surface area contributed by atoms with Crippen molar-refractivity contribution in [1.29, 1.82) is 0 Å². The predicted octanol–water partition coefficient (Wildman–Crippen LogP) is 0.730. The Bertz CT molecular complexity index is 438. The van der Waals surface area contributed by atoms with Gasteiger partial charge in [-0.25, -0.2) is 9.59 Å². The third-order valence-corrected chi connectivity index (χ3v) is 5.57. The first-order valence-electron chi connectivity index (χ1n) is 7.75. The lowest BCUT2D eigenvalue weighted by Gasteiger charge is -2.33. The number of hydrogen-bond acceptors (Lipinski definition) is 8. The lowest BCUT2D eigenvalue weighted by Crippen LogP contribution is -2.42. The standard InChI is InChI=1S/C15H26N2O5S/c1-15(6-4-3-5-7-15)23-9-11(17)14(20)22-13(19)10(16)8-12(18)21-2/h10-11H,3-9,16-17H2,1-2H3/t10-,11-/m0/s1. The zero-order chi connectivity index (χ0) is 17.5. The number of methoxy groups -OCH3 is 1. The summed E-state index contributed by atoms with van der Waals surface area (Å²) in [5.41, 5.74) is 11.3. The average molecular weight is 346 g/mol. The molecule has 0 spiro atoms. The van der Waals surface area contributed by atoms with E-state index in [0.29, 0.717) is 5.75 Å². The summed E-state index contributed by atoms with van der Waals surface area (Å²) in [4.78, 5) is 34.5. The topological polar surface area (TPSA) is 122 Å². The van der Waals surface area contributed by atoms with Crippen molar-refractivity contribution in [1.82, 2.24) is 0 Å². The lowest BCUT2D eigenvalue weighted by molar-refractivity contribution is -0.162. The number of rotatable bonds is 7. The Balaban J connectivity index is 2.38. The molecule has 0 radical (unpaired) electrons. The summed E-state index contributed by atoms with van der Waals surface area (Å²) in [6.45, 7) is 2.17. The minimum absolute atomic E-state index is 0.126. The van der Waals surface area contributed by atoms with Crippen molar-refractivity contribution in [2.75, 3.05) is 12.9 Å². The second-order valence-corrected chi connectivity index (χ2v) is 7.66. The highest BCUT2D eigenvalue weighted by Gasteiger charge is 2.30. The Kier molecular flexibility index (Phi) is 8.01. The molecule has 0 aromatic carbocycles. The molecule has 0 aromatic heterocycles. The molecule has 4 N–H and O–H groups in total. The quantitative estimate of drug-likeness (QED) is 0.511. The molecule has 2 atom stereocenters. The Hall–Kier alpha value is -1.12. The number of ether oxygens (including phenoxy) is 2. The normalized spacial score (nSPS) is 19.5. The minimum Gasteiger partial charge on any atom is -0.469 e. The smallest absolute Gasteiger partial charge is 0.331 e. The van der Waals surface area contributed by atoms with Gasteiger partial charge in [0.15, 0.2) is 0 Å². The molecule has 0 heterocycles. The van der Waals surface area contributed by atoms with E-state index in [9.17, 15) is 14.4 Å². The van der Waals surface area contributed by atoms with E-state index < -0.39 is 30.0 Å². The number of carbonyl (C=O) groups excluding carboxylic acids is 3. The van der Waals surface area contributed by atoms with Crippen LogP contribution in [0.25, 0.3) is 0 Å². The third kappa shape index (κ3) is 6.88. The van der Waals surface area contributed by atoms with Crippen LogP contribution in [-0.4, -0.2) is 47.6 Å². The highest BCUT2D eigenvalue weighted by atomic mass is 32.2. The molecule has 1 fully saturated rings. The van der Waals surface area contributed by atoms with Crippen LogP contribution in [-0.2, 0) is 23.9 Å². The van der Waals surface area contributed by atoms with Gasteiger partial charge in [0, 0.05) is 10.5 Å². The van der Waals surface area contributed by atoms with Gasteiger partial charge in [-0.15, -0.1) is 0 Å². The van der Waals surface area contributed by atoms with Crippen molar-refractivity contribution < 1.29 is 23.9 Å². The minimum atomic E-state index is -1.23. The molecule has 0 saturated heterocycles. The van der Waals surface area contributed by atoms with E-state index in [1.54, 1.807) is 11.8 Å². The van der Waals surface area contributed by atoms with Gasteiger partial charge in [-0.05, 0) is 12.8 Å². The van der Waals surface area contributed by atoms with Gasteiger partial charge in [-0.2, -0.15) is 11.8 Å². The molecular formula is C15H26N2O5S. The highest BCUT2D eigenvalue weighted by Crippen LogP contribution is 2.39. The van der Waals surface area contributed by atoms with Crippen LogP contribution in [0.1, 0.15) is 45.4 Å². The van der Waals surface area contributed by atoms with Crippen molar-refractivity contribution in [2.45, 2.75) is 62.3 Å². The highest BCUT2D eigenvalue weighted by molar-refractivity contribution is 8.00. The molecule has 132 valence electrons. The van der Waals surface area contributed by atoms with Crippen molar-refractivity contribution in [3.8, 4) is 0 Å². The number of carbonyl (C=O) groups is 3. The summed E-state index contributed by atoms with van der Waals surface area (Å²) in [5.74, 6) is -2.05. The van der Waals surface area contributed by atoms with Crippen molar-refractivity contribution in [2.24, 2.45) is 11.5 Å². The van der Waals surface area contributed by atoms with Gasteiger partial charge in [0.25, 0.3) is 0 Å². The number of thioether (sulfide) groups is 1. The van der Waals surface area contributed by atoms with Crippen LogP contribution in [0.5, 0.6) is 0 Å². The molecule has 23 heavy (non-hydrogen) atoms. The molecule has 1 saturated carbocycles. The summed E-state index contributed by atoms with van der Waals surface area (Å²) >= 11 is 1.64. The van der Waals surface area contributed by atoms with Crippen LogP contribution in [0.2, 0.25) is 0 Å². The third-order valence-electron chi connectivity index (χ3n) is 3.94. The van der Waals surface area contributed by atoms with Crippen LogP contribution < -0.4 is 11.5 Å². The second kappa shape index (κ2) is 9.24. The SMILES string of the molecule is COC(=O)C[C@H](N)C(=O)OC(=O)[C@@H](N)CSC1(C)CCCCC1. The van der Waals surface area contributed by atoms with Gasteiger partial charge in [-0.3, -0.25) is 4.79 Å². The Morgan fingerprint density at radius 1 is 1.09 bits per heavy atom.